The molecule has 1 aliphatic carbocycles. The minimum Gasteiger partial charge on any atom is -0.461 e. The number of benzene rings is 1. The van der Waals surface area contributed by atoms with E-state index >= 15 is 0 Å². The van der Waals surface area contributed by atoms with Crippen molar-refractivity contribution in [1.82, 2.24) is 5.32 Å². The number of aliphatic hydroxyl groups is 1. The van der Waals surface area contributed by atoms with Crippen LogP contribution in [0.5, 0.6) is 0 Å². The van der Waals surface area contributed by atoms with Crippen molar-refractivity contribution in [3.63, 3.8) is 0 Å². The van der Waals surface area contributed by atoms with Crippen LogP contribution >= 0.6 is 0 Å². The number of rotatable bonds is 4. The highest BCUT2D eigenvalue weighted by molar-refractivity contribution is 5.82. The zero-order chi connectivity index (χ0) is 14.3. The molecule has 3 heteroatoms. The molecule has 0 amide bonds. The highest BCUT2D eigenvalue weighted by atomic mass is 16.3. The van der Waals surface area contributed by atoms with Gasteiger partial charge in [-0.15, -0.1) is 0 Å². The van der Waals surface area contributed by atoms with Crippen molar-refractivity contribution in [2.24, 2.45) is 5.41 Å². The molecule has 0 spiro atoms. The fraction of sp³-hybridized carbons (Fsp3) is 0.529. The van der Waals surface area contributed by atoms with E-state index in [1.54, 1.807) is 0 Å². The van der Waals surface area contributed by atoms with Crippen molar-refractivity contribution in [2.75, 3.05) is 0 Å². The highest BCUT2D eigenvalue weighted by Crippen LogP contribution is 2.40. The van der Waals surface area contributed by atoms with Gasteiger partial charge in [-0.1, -0.05) is 39.0 Å². The van der Waals surface area contributed by atoms with Crippen molar-refractivity contribution >= 4 is 11.0 Å². The molecule has 3 nitrogen and oxygen atoms in total. The second-order valence-corrected chi connectivity index (χ2v) is 6.36. The summed E-state index contributed by atoms with van der Waals surface area (Å²) >= 11 is 0. The predicted molar refractivity (Wildman–Crippen MR) is 80.6 cm³/mol. The van der Waals surface area contributed by atoms with Gasteiger partial charge in [0.25, 0.3) is 0 Å². The minimum atomic E-state index is -0.188. The summed E-state index contributed by atoms with van der Waals surface area (Å²) in [6.07, 6.45) is 1.55. The standard InChI is InChI=1S/C17H23NO2/c1-4-13-12(11-7-5-6-8-14(11)20-13)10-18-15-9-16(19)17(15,2)3/h5-8,15-16,18-19H,4,9-10H2,1-3H3. The molecule has 1 heterocycles. The lowest BCUT2D eigenvalue weighted by Crippen LogP contribution is -2.59. The summed E-state index contributed by atoms with van der Waals surface area (Å²) in [5.74, 6) is 1.07. The maximum Gasteiger partial charge on any atom is 0.134 e. The van der Waals surface area contributed by atoms with E-state index in [2.05, 4.69) is 38.2 Å². The first kappa shape index (κ1) is 13.7. The van der Waals surface area contributed by atoms with Crippen LogP contribution in [-0.4, -0.2) is 17.3 Å². The van der Waals surface area contributed by atoms with Crippen LogP contribution in [0.15, 0.2) is 28.7 Å². The van der Waals surface area contributed by atoms with E-state index in [1.165, 1.54) is 10.9 Å². The van der Waals surface area contributed by atoms with Gasteiger partial charge in [0.1, 0.15) is 11.3 Å². The number of nitrogens with one attached hydrogen (secondary N) is 1. The van der Waals surface area contributed by atoms with Crippen LogP contribution < -0.4 is 5.32 Å². The van der Waals surface area contributed by atoms with Crippen LogP contribution in [0.2, 0.25) is 0 Å². The largest absolute Gasteiger partial charge is 0.461 e. The minimum absolute atomic E-state index is 0.0358. The van der Waals surface area contributed by atoms with E-state index in [0.717, 1.165) is 30.7 Å². The average Bonchev–Trinajstić information content (AvgIpc) is 2.81. The highest BCUT2D eigenvalue weighted by Gasteiger charge is 2.46. The van der Waals surface area contributed by atoms with Crippen molar-refractivity contribution in [3.8, 4) is 0 Å². The van der Waals surface area contributed by atoms with Crippen LogP contribution in [0, 0.1) is 5.41 Å². The van der Waals surface area contributed by atoms with Gasteiger partial charge in [0.15, 0.2) is 0 Å². The second kappa shape index (κ2) is 4.90. The first-order chi connectivity index (χ1) is 9.54. The molecule has 0 saturated heterocycles. The molecule has 1 aromatic carbocycles. The summed E-state index contributed by atoms with van der Waals surface area (Å²) in [7, 11) is 0. The van der Waals surface area contributed by atoms with Crippen LogP contribution in [0.1, 0.15) is 38.5 Å². The maximum atomic E-state index is 9.82. The van der Waals surface area contributed by atoms with Crippen molar-refractivity contribution in [3.05, 3.63) is 35.6 Å². The Labute approximate surface area is 120 Å². The Balaban J connectivity index is 1.81. The van der Waals surface area contributed by atoms with Crippen molar-refractivity contribution in [2.45, 2.75) is 52.3 Å². The van der Waals surface area contributed by atoms with Gasteiger partial charge in [-0.2, -0.15) is 0 Å². The Morgan fingerprint density at radius 2 is 2.10 bits per heavy atom. The molecule has 0 radical (unpaired) electrons. The van der Waals surface area contributed by atoms with Gasteiger partial charge >= 0.3 is 0 Å². The molecule has 2 N–H and O–H groups in total. The summed E-state index contributed by atoms with van der Waals surface area (Å²) in [5, 5.41) is 14.6. The molecule has 20 heavy (non-hydrogen) atoms. The Morgan fingerprint density at radius 1 is 1.35 bits per heavy atom. The Bertz CT molecular complexity index is 614. The second-order valence-electron chi connectivity index (χ2n) is 6.36. The molecular formula is C17H23NO2. The third-order valence-corrected chi connectivity index (χ3v) is 4.84. The zero-order valence-electron chi connectivity index (χ0n) is 12.4. The van der Waals surface area contributed by atoms with Gasteiger partial charge in [-0.25, -0.2) is 0 Å². The molecule has 108 valence electrons. The molecule has 1 aromatic heterocycles. The summed E-state index contributed by atoms with van der Waals surface area (Å²) < 4.78 is 5.92. The summed E-state index contributed by atoms with van der Waals surface area (Å²) in [4.78, 5) is 0. The Hall–Kier alpha value is -1.32. The molecule has 0 aliphatic heterocycles. The lowest BCUT2D eigenvalue weighted by atomic mass is 9.64. The first-order valence-corrected chi connectivity index (χ1v) is 7.44. The van der Waals surface area contributed by atoms with Crippen LogP contribution in [-0.2, 0) is 13.0 Å². The molecule has 3 rings (SSSR count). The quantitative estimate of drug-likeness (QED) is 0.899. The SMILES string of the molecule is CCc1oc2ccccc2c1CNC1CC(O)C1(C)C. The predicted octanol–water partition coefficient (Wildman–Crippen LogP) is 3.24. The lowest BCUT2D eigenvalue weighted by molar-refractivity contribution is -0.0729. The normalized spacial score (nSPS) is 24.8. The topological polar surface area (TPSA) is 45.4 Å². The summed E-state index contributed by atoms with van der Waals surface area (Å²) in [5.41, 5.74) is 2.20. The number of furan rings is 1. The van der Waals surface area contributed by atoms with Crippen LogP contribution in [0.4, 0.5) is 0 Å². The van der Waals surface area contributed by atoms with Gasteiger partial charge in [-0.3, -0.25) is 0 Å². The smallest absolute Gasteiger partial charge is 0.134 e. The molecule has 0 bridgehead atoms. The van der Waals surface area contributed by atoms with E-state index < -0.39 is 0 Å². The summed E-state index contributed by atoms with van der Waals surface area (Å²) in [6, 6.07) is 8.58. The van der Waals surface area contributed by atoms with Crippen LogP contribution in [0.25, 0.3) is 11.0 Å². The van der Waals surface area contributed by atoms with E-state index in [-0.39, 0.29) is 11.5 Å². The lowest BCUT2D eigenvalue weighted by Gasteiger charge is -2.49. The van der Waals surface area contributed by atoms with Gasteiger partial charge in [-0.05, 0) is 12.5 Å². The number of aryl methyl sites for hydroxylation is 1. The number of hydrogen-bond donors (Lipinski definition) is 2. The molecule has 2 atom stereocenters. The third-order valence-electron chi connectivity index (χ3n) is 4.84. The number of aliphatic hydroxyl groups excluding tert-OH is 1. The zero-order valence-corrected chi connectivity index (χ0v) is 12.4. The third kappa shape index (κ3) is 2.05. The average molecular weight is 273 g/mol. The number of para-hydroxylation sites is 1. The molecular weight excluding hydrogens is 250 g/mol. The van der Waals surface area contributed by atoms with Crippen molar-refractivity contribution in [1.29, 1.82) is 0 Å². The number of fused-ring (bicyclic) bond motifs is 1. The van der Waals surface area contributed by atoms with E-state index in [4.69, 9.17) is 4.42 Å². The summed E-state index contributed by atoms with van der Waals surface area (Å²) in [6.45, 7) is 7.17. The monoisotopic (exact) mass is 273 g/mol. The first-order valence-electron chi connectivity index (χ1n) is 7.44. The van der Waals surface area contributed by atoms with Crippen molar-refractivity contribution < 1.29 is 9.52 Å². The Kier molecular flexibility index (Phi) is 3.35. The van der Waals surface area contributed by atoms with Gasteiger partial charge < -0.3 is 14.8 Å². The van der Waals surface area contributed by atoms with Gasteiger partial charge in [0, 0.05) is 35.4 Å². The van der Waals surface area contributed by atoms with Gasteiger partial charge in [0.2, 0.25) is 0 Å². The van der Waals surface area contributed by atoms with Crippen LogP contribution in [0.3, 0.4) is 0 Å². The van der Waals surface area contributed by atoms with Gasteiger partial charge in [0.05, 0.1) is 6.10 Å². The molecule has 2 unspecified atom stereocenters. The van der Waals surface area contributed by atoms with E-state index in [0.29, 0.717) is 6.04 Å². The molecule has 2 aromatic rings. The maximum absolute atomic E-state index is 9.82. The Morgan fingerprint density at radius 3 is 2.75 bits per heavy atom. The molecule has 1 fully saturated rings. The molecule has 1 aliphatic rings. The molecule has 1 saturated carbocycles. The van der Waals surface area contributed by atoms with E-state index in [9.17, 15) is 5.11 Å². The van der Waals surface area contributed by atoms with E-state index in [1.807, 2.05) is 12.1 Å². The fourth-order valence-electron chi connectivity index (χ4n) is 3.10. The number of hydrogen-bond acceptors (Lipinski definition) is 3. The fourth-order valence-corrected chi connectivity index (χ4v) is 3.10.